The van der Waals surface area contributed by atoms with E-state index in [-0.39, 0.29) is 30.2 Å². The molecule has 1 heterocycles. The van der Waals surface area contributed by atoms with E-state index in [1.54, 1.807) is 18.2 Å². The summed E-state index contributed by atoms with van der Waals surface area (Å²) in [7, 11) is 0. The van der Waals surface area contributed by atoms with Crippen molar-refractivity contribution in [2.45, 2.75) is 45.6 Å². The molecule has 0 bridgehead atoms. The first-order valence-electron chi connectivity index (χ1n) is 8.60. The van der Waals surface area contributed by atoms with Gasteiger partial charge in [-0.25, -0.2) is 0 Å². The number of anilines is 2. The highest BCUT2D eigenvalue weighted by atomic mass is 16.4. The largest absolute Gasteiger partial charge is 0.481 e. The maximum Gasteiger partial charge on any atom is 0.303 e. The normalized spacial score (nSPS) is 16.0. The summed E-state index contributed by atoms with van der Waals surface area (Å²) < 4.78 is 0. The van der Waals surface area contributed by atoms with Crippen molar-refractivity contribution in [2.24, 2.45) is 5.92 Å². The molecular formula is C18H25N3O4. The summed E-state index contributed by atoms with van der Waals surface area (Å²) in [4.78, 5) is 34.7. The van der Waals surface area contributed by atoms with Gasteiger partial charge in [0.25, 0.3) is 5.91 Å². The second-order valence-corrected chi connectivity index (χ2v) is 6.58. The summed E-state index contributed by atoms with van der Waals surface area (Å²) >= 11 is 0. The molecule has 25 heavy (non-hydrogen) atoms. The first-order valence-corrected chi connectivity index (χ1v) is 8.60. The predicted molar refractivity (Wildman–Crippen MR) is 95.8 cm³/mol. The lowest BCUT2D eigenvalue weighted by Crippen LogP contribution is -2.42. The van der Waals surface area contributed by atoms with Gasteiger partial charge in [-0.15, -0.1) is 0 Å². The van der Waals surface area contributed by atoms with Gasteiger partial charge in [0.05, 0.1) is 11.4 Å². The van der Waals surface area contributed by atoms with Crippen molar-refractivity contribution >= 4 is 29.2 Å². The van der Waals surface area contributed by atoms with Crippen LogP contribution < -0.4 is 16.0 Å². The minimum Gasteiger partial charge on any atom is -0.481 e. The highest BCUT2D eigenvalue weighted by molar-refractivity contribution is 6.05. The number of amides is 2. The second-order valence-electron chi connectivity index (χ2n) is 6.58. The molecule has 0 spiro atoms. The maximum absolute atomic E-state index is 12.2. The lowest BCUT2D eigenvalue weighted by atomic mass is 9.99. The second kappa shape index (κ2) is 8.50. The molecule has 0 aromatic heterocycles. The number of carboxylic acid groups (broad SMARTS) is 1. The molecule has 0 unspecified atom stereocenters. The van der Waals surface area contributed by atoms with Crippen molar-refractivity contribution < 1.29 is 19.5 Å². The number of carbonyl (C=O) groups is 3. The standard InChI is InChI=1S/C18H25N3O4/c1-11(2)16-18(25)21-14-10-12(7-8-13(14)20-16)17(24)19-9-5-3-4-6-15(22)23/h7-8,10-11,16,20H,3-6,9H2,1-2H3,(H,19,24)(H,21,25)(H,22,23)/t16-/m0/s1. The first-order chi connectivity index (χ1) is 11.9. The predicted octanol–water partition coefficient (Wildman–Crippen LogP) is 2.45. The van der Waals surface area contributed by atoms with Crippen LogP contribution in [0.25, 0.3) is 0 Å². The number of aliphatic carboxylic acids is 1. The van der Waals surface area contributed by atoms with E-state index in [9.17, 15) is 14.4 Å². The number of carbonyl (C=O) groups excluding carboxylic acids is 2. The molecule has 0 fully saturated rings. The van der Waals surface area contributed by atoms with Gasteiger partial charge in [0.1, 0.15) is 6.04 Å². The Labute approximate surface area is 147 Å². The van der Waals surface area contributed by atoms with Crippen LogP contribution >= 0.6 is 0 Å². The number of hydrogen-bond donors (Lipinski definition) is 4. The number of nitrogens with one attached hydrogen (secondary N) is 3. The van der Waals surface area contributed by atoms with Crippen LogP contribution in [0.4, 0.5) is 11.4 Å². The van der Waals surface area contributed by atoms with E-state index in [0.29, 0.717) is 24.2 Å². The summed E-state index contributed by atoms with van der Waals surface area (Å²) in [5, 5.41) is 17.4. The highest BCUT2D eigenvalue weighted by Gasteiger charge is 2.28. The van der Waals surface area contributed by atoms with Crippen molar-refractivity contribution in [1.29, 1.82) is 0 Å². The van der Waals surface area contributed by atoms with E-state index in [1.165, 1.54) is 0 Å². The fourth-order valence-corrected chi connectivity index (χ4v) is 2.71. The van der Waals surface area contributed by atoms with E-state index < -0.39 is 5.97 Å². The van der Waals surface area contributed by atoms with Crippen LogP contribution in [0.15, 0.2) is 18.2 Å². The molecule has 2 rings (SSSR count). The Kier molecular flexibility index (Phi) is 6.38. The quantitative estimate of drug-likeness (QED) is 0.540. The van der Waals surface area contributed by atoms with Gasteiger partial charge in [0.2, 0.25) is 5.91 Å². The maximum atomic E-state index is 12.2. The van der Waals surface area contributed by atoms with Crippen molar-refractivity contribution in [3.8, 4) is 0 Å². The number of fused-ring (bicyclic) bond motifs is 1. The van der Waals surface area contributed by atoms with Gasteiger partial charge >= 0.3 is 5.97 Å². The Morgan fingerprint density at radius 2 is 1.96 bits per heavy atom. The van der Waals surface area contributed by atoms with Crippen LogP contribution in [0.5, 0.6) is 0 Å². The fourth-order valence-electron chi connectivity index (χ4n) is 2.71. The Hall–Kier alpha value is -2.57. The zero-order valence-corrected chi connectivity index (χ0v) is 14.6. The summed E-state index contributed by atoms with van der Waals surface area (Å²) in [6.07, 6.45) is 2.26. The molecule has 0 aliphatic carbocycles. The SMILES string of the molecule is CC(C)[C@@H]1Nc2ccc(C(=O)NCCCCCC(=O)O)cc2NC1=O. The third-order valence-corrected chi connectivity index (χ3v) is 4.15. The topological polar surface area (TPSA) is 108 Å². The van der Waals surface area contributed by atoms with Crippen molar-refractivity contribution in [1.82, 2.24) is 5.32 Å². The third-order valence-electron chi connectivity index (χ3n) is 4.15. The van der Waals surface area contributed by atoms with Gasteiger partial charge < -0.3 is 21.1 Å². The van der Waals surface area contributed by atoms with Gasteiger partial charge in [0, 0.05) is 18.5 Å². The van der Waals surface area contributed by atoms with Crippen LogP contribution in [0, 0.1) is 5.92 Å². The van der Waals surface area contributed by atoms with Gasteiger partial charge in [-0.3, -0.25) is 14.4 Å². The Bertz CT molecular complexity index is 658. The van der Waals surface area contributed by atoms with E-state index >= 15 is 0 Å². The number of carboxylic acids is 1. The monoisotopic (exact) mass is 347 g/mol. The molecule has 0 radical (unpaired) electrons. The molecule has 1 aliphatic rings. The van der Waals surface area contributed by atoms with E-state index in [1.807, 2.05) is 13.8 Å². The Morgan fingerprint density at radius 3 is 2.64 bits per heavy atom. The zero-order chi connectivity index (χ0) is 18.4. The zero-order valence-electron chi connectivity index (χ0n) is 14.6. The molecule has 7 nitrogen and oxygen atoms in total. The third kappa shape index (κ3) is 5.20. The van der Waals surface area contributed by atoms with E-state index in [4.69, 9.17) is 5.11 Å². The first kappa shape index (κ1) is 18.8. The minimum absolute atomic E-state index is 0.0986. The summed E-state index contributed by atoms with van der Waals surface area (Å²) in [6, 6.07) is 4.90. The van der Waals surface area contributed by atoms with Crippen LogP contribution in [-0.4, -0.2) is 35.5 Å². The van der Waals surface area contributed by atoms with E-state index in [2.05, 4.69) is 16.0 Å². The summed E-state index contributed by atoms with van der Waals surface area (Å²) in [5.74, 6) is -0.939. The lowest BCUT2D eigenvalue weighted by molar-refractivity contribution is -0.137. The Balaban J connectivity index is 1.87. The van der Waals surface area contributed by atoms with Crippen molar-refractivity contribution in [3.05, 3.63) is 23.8 Å². The van der Waals surface area contributed by atoms with Crippen LogP contribution in [-0.2, 0) is 9.59 Å². The highest BCUT2D eigenvalue weighted by Crippen LogP contribution is 2.29. The lowest BCUT2D eigenvalue weighted by Gasteiger charge is -2.29. The van der Waals surface area contributed by atoms with Crippen LogP contribution in [0.1, 0.15) is 49.9 Å². The molecule has 1 aromatic carbocycles. The number of unbranched alkanes of at least 4 members (excludes halogenated alkanes) is 2. The molecule has 1 aromatic rings. The molecule has 0 saturated heterocycles. The van der Waals surface area contributed by atoms with Gasteiger partial charge in [-0.2, -0.15) is 0 Å². The number of rotatable bonds is 8. The van der Waals surface area contributed by atoms with Gasteiger partial charge in [0.15, 0.2) is 0 Å². The van der Waals surface area contributed by atoms with Crippen molar-refractivity contribution in [3.63, 3.8) is 0 Å². The smallest absolute Gasteiger partial charge is 0.303 e. The number of hydrogen-bond acceptors (Lipinski definition) is 4. The molecule has 4 N–H and O–H groups in total. The molecule has 1 atom stereocenters. The molecule has 136 valence electrons. The Morgan fingerprint density at radius 1 is 1.20 bits per heavy atom. The average molecular weight is 347 g/mol. The summed E-state index contributed by atoms with van der Waals surface area (Å²) in [6.45, 7) is 4.44. The van der Waals surface area contributed by atoms with Gasteiger partial charge in [-0.05, 0) is 37.0 Å². The van der Waals surface area contributed by atoms with E-state index in [0.717, 1.165) is 18.5 Å². The molecular weight excluding hydrogens is 322 g/mol. The number of benzene rings is 1. The summed E-state index contributed by atoms with van der Waals surface area (Å²) in [5.41, 5.74) is 1.90. The molecule has 0 saturated carbocycles. The average Bonchev–Trinajstić information content (AvgIpc) is 2.56. The molecule has 7 heteroatoms. The molecule has 2 amide bonds. The van der Waals surface area contributed by atoms with Gasteiger partial charge in [-0.1, -0.05) is 20.3 Å². The van der Waals surface area contributed by atoms with Crippen molar-refractivity contribution in [2.75, 3.05) is 17.2 Å². The van der Waals surface area contributed by atoms with Crippen LogP contribution in [0.2, 0.25) is 0 Å². The fraction of sp³-hybridized carbons (Fsp3) is 0.500. The molecule has 1 aliphatic heterocycles. The minimum atomic E-state index is -0.798. The van der Waals surface area contributed by atoms with Crippen LogP contribution in [0.3, 0.4) is 0 Å².